The zero-order valence-electron chi connectivity index (χ0n) is 17.6. The molecule has 3 atom stereocenters. The Labute approximate surface area is 187 Å². The van der Waals surface area contributed by atoms with Crippen LogP contribution in [0.4, 0.5) is 18.9 Å². The highest BCUT2D eigenvalue weighted by Crippen LogP contribution is 2.47. The minimum absolute atomic E-state index is 0.139. The first-order valence-corrected chi connectivity index (χ1v) is 10.4. The van der Waals surface area contributed by atoms with Gasteiger partial charge in [0, 0.05) is 30.3 Å². The van der Waals surface area contributed by atoms with E-state index in [4.69, 9.17) is 14.3 Å². The van der Waals surface area contributed by atoms with Gasteiger partial charge in [0.25, 0.3) is 0 Å². The van der Waals surface area contributed by atoms with Crippen molar-refractivity contribution in [1.29, 1.82) is 0 Å². The standard InChI is InChI=1S/C19H24F3N3O6S/c1-4-30-17(27)16-12-9-11(5-6-13(12)32-25(16)31-8-7-29-3)24-15(26)10-14(19(20,21)22)23(2)18(24)28/h5-6,9-10,15-16,18,26,28H,4,7-8H2,1-3H3. The van der Waals surface area contributed by atoms with Crippen molar-refractivity contribution in [1.82, 2.24) is 9.37 Å². The van der Waals surface area contributed by atoms with Gasteiger partial charge in [0.1, 0.15) is 5.70 Å². The average Bonchev–Trinajstić information content (AvgIpc) is 3.08. The number of nitrogens with zero attached hydrogens (tertiary/aromatic N) is 3. The Kier molecular flexibility index (Phi) is 7.57. The summed E-state index contributed by atoms with van der Waals surface area (Å²) in [5, 5.41) is 20.9. The number of rotatable bonds is 7. The quantitative estimate of drug-likeness (QED) is 0.343. The molecule has 0 saturated heterocycles. The van der Waals surface area contributed by atoms with E-state index < -0.39 is 36.5 Å². The summed E-state index contributed by atoms with van der Waals surface area (Å²) in [6.07, 6.45) is -7.68. The molecule has 3 rings (SSSR count). The number of hydroxylamine groups is 1. The first-order valence-electron chi connectivity index (χ1n) is 9.66. The molecule has 0 aromatic heterocycles. The Morgan fingerprint density at radius 2 is 1.97 bits per heavy atom. The number of carbonyl (C=O) groups is 1. The summed E-state index contributed by atoms with van der Waals surface area (Å²) < 4.78 is 51.1. The van der Waals surface area contributed by atoms with Gasteiger partial charge in [-0.2, -0.15) is 13.2 Å². The zero-order chi connectivity index (χ0) is 23.6. The second-order valence-corrected chi connectivity index (χ2v) is 7.89. The minimum Gasteiger partial charge on any atom is -0.464 e. The summed E-state index contributed by atoms with van der Waals surface area (Å²) >= 11 is 1.15. The maximum absolute atomic E-state index is 13.2. The molecule has 1 aromatic carbocycles. The number of benzene rings is 1. The van der Waals surface area contributed by atoms with Crippen LogP contribution in [0.2, 0.25) is 0 Å². The lowest BCUT2D eigenvalue weighted by Crippen LogP contribution is -2.56. The first-order chi connectivity index (χ1) is 15.1. The number of carbonyl (C=O) groups excluding carboxylic acids is 1. The van der Waals surface area contributed by atoms with Gasteiger partial charge in [-0.25, -0.2) is 4.79 Å². The smallest absolute Gasteiger partial charge is 0.431 e. The number of hydrogen-bond donors (Lipinski definition) is 2. The number of methoxy groups -OCH3 is 1. The highest BCUT2D eigenvalue weighted by Gasteiger charge is 2.45. The maximum atomic E-state index is 13.2. The van der Waals surface area contributed by atoms with Gasteiger partial charge in [0.2, 0.25) is 6.35 Å². The van der Waals surface area contributed by atoms with Crippen molar-refractivity contribution in [3.05, 3.63) is 35.5 Å². The lowest BCUT2D eigenvalue weighted by molar-refractivity contribution is -0.167. The third-order valence-electron chi connectivity index (χ3n) is 4.86. The van der Waals surface area contributed by atoms with Crippen LogP contribution in [0.3, 0.4) is 0 Å². The second kappa shape index (κ2) is 9.85. The Bertz CT molecular complexity index is 871. The van der Waals surface area contributed by atoms with Crippen LogP contribution in [-0.4, -0.2) is 78.3 Å². The van der Waals surface area contributed by atoms with Crippen molar-refractivity contribution in [2.24, 2.45) is 0 Å². The number of fused-ring (bicyclic) bond motifs is 1. The van der Waals surface area contributed by atoms with Crippen LogP contribution in [0, 0.1) is 0 Å². The highest BCUT2D eigenvalue weighted by molar-refractivity contribution is 7.97. The van der Waals surface area contributed by atoms with Crippen LogP contribution in [0.5, 0.6) is 0 Å². The molecule has 0 amide bonds. The van der Waals surface area contributed by atoms with Gasteiger partial charge in [-0.05, 0) is 43.1 Å². The molecule has 13 heteroatoms. The predicted molar refractivity (Wildman–Crippen MR) is 108 cm³/mol. The SMILES string of the molecule is CCOC(=O)C1c2cc(N3C(O)C=C(C(F)(F)F)N(C)C3O)ccc2SN1OCCOC. The molecule has 0 spiro atoms. The molecule has 2 heterocycles. The Hall–Kier alpha value is -2.03. The molecule has 32 heavy (non-hydrogen) atoms. The van der Waals surface area contributed by atoms with E-state index in [1.807, 2.05) is 0 Å². The molecule has 1 aromatic rings. The third kappa shape index (κ3) is 4.82. The summed E-state index contributed by atoms with van der Waals surface area (Å²) in [4.78, 5) is 20.5. The van der Waals surface area contributed by atoms with Crippen LogP contribution in [-0.2, 0) is 19.1 Å². The fourth-order valence-corrected chi connectivity index (χ4v) is 4.40. The predicted octanol–water partition coefficient (Wildman–Crippen LogP) is 1.98. The number of allylic oxidation sites excluding steroid dienone is 1. The van der Waals surface area contributed by atoms with Crippen molar-refractivity contribution in [2.45, 2.75) is 36.6 Å². The van der Waals surface area contributed by atoms with Crippen molar-refractivity contribution in [3.8, 4) is 0 Å². The van der Waals surface area contributed by atoms with E-state index >= 15 is 0 Å². The van der Waals surface area contributed by atoms with Crippen LogP contribution >= 0.6 is 11.9 Å². The van der Waals surface area contributed by atoms with Crippen molar-refractivity contribution < 1.29 is 42.5 Å². The number of alkyl halides is 3. The summed E-state index contributed by atoms with van der Waals surface area (Å²) in [7, 11) is 2.58. The van der Waals surface area contributed by atoms with Gasteiger partial charge in [-0.3, -0.25) is 9.74 Å². The van der Waals surface area contributed by atoms with E-state index in [2.05, 4.69) is 0 Å². The van der Waals surface area contributed by atoms with E-state index in [9.17, 15) is 28.2 Å². The third-order valence-corrected chi connectivity index (χ3v) is 5.92. The fraction of sp³-hybridized carbons (Fsp3) is 0.526. The number of anilines is 1. The van der Waals surface area contributed by atoms with E-state index in [0.29, 0.717) is 28.0 Å². The van der Waals surface area contributed by atoms with Crippen molar-refractivity contribution >= 4 is 23.6 Å². The van der Waals surface area contributed by atoms with E-state index in [-0.39, 0.29) is 18.9 Å². The number of ether oxygens (including phenoxy) is 2. The Balaban J connectivity index is 1.94. The van der Waals surface area contributed by atoms with Crippen molar-refractivity contribution in [3.63, 3.8) is 0 Å². The average molecular weight is 479 g/mol. The molecular formula is C19H24F3N3O6S. The molecule has 9 nitrogen and oxygen atoms in total. The van der Waals surface area contributed by atoms with Gasteiger partial charge in [0.15, 0.2) is 12.3 Å². The summed E-state index contributed by atoms with van der Waals surface area (Å²) in [5.41, 5.74) is -0.481. The Morgan fingerprint density at radius 1 is 1.25 bits per heavy atom. The van der Waals surface area contributed by atoms with Crippen LogP contribution < -0.4 is 4.90 Å². The number of hydrogen-bond acceptors (Lipinski definition) is 10. The molecular weight excluding hydrogens is 455 g/mol. The molecule has 3 unspecified atom stereocenters. The minimum atomic E-state index is -4.74. The normalized spacial score (nSPS) is 23.9. The fourth-order valence-electron chi connectivity index (χ4n) is 3.37. The number of esters is 1. The van der Waals surface area contributed by atoms with Crippen molar-refractivity contribution in [2.75, 3.05) is 38.9 Å². The van der Waals surface area contributed by atoms with Gasteiger partial charge in [-0.1, -0.05) is 0 Å². The van der Waals surface area contributed by atoms with Gasteiger partial charge in [-0.15, -0.1) is 4.47 Å². The zero-order valence-corrected chi connectivity index (χ0v) is 18.4. The van der Waals surface area contributed by atoms with Crippen LogP contribution in [0.25, 0.3) is 0 Å². The molecule has 2 aliphatic heterocycles. The lowest BCUT2D eigenvalue weighted by atomic mass is 10.1. The number of aliphatic hydroxyl groups excluding tert-OH is 2. The molecule has 178 valence electrons. The lowest BCUT2D eigenvalue weighted by Gasteiger charge is -2.43. The molecule has 0 radical (unpaired) electrons. The molecule has 0 saturated carbocycles. The molecule has 0 fully saturated rings. The Morgan fingerprint density at radius 3 is 2.59 bits per heavy atom. The van der Waals surface area contributed by atoms with Gasteiger partial charge in [0.05, 0.1) is 19.8 Å². The van der Waals surface area contributed by atoms with Crippen LogP contribution in [0.1, 0.15) is 18.5 Å². The largest absolute Gasteiger partial charge is 0.464 e. The van der Waals surface area contributed by atoms with Gasteiger partial charge < -0.3 is 24.6 Å². The molecule has 0 bridgehead atoms. The summed E-state index contributed by atoms with van der Waals surface area (Å²) in [6, 6.07) is 3.71. The summed E-state index contributed by atoms with van der Waals surface area (Å²) in [6.45, 7) is 2.27. The van der Waals surface area contributed by atoms with E-state index in [1.54, 1.807) is 13.0 Å². The topological polar surface area (TPSA) is 94.9 Å². The molecule has 2 aliphatic rings. The molecule has 0 aliphatic carbocycles. The molecule has 2 N–H and O–H groups in total. The summed E-state index contributed by atoms with van der Waals surface area (Å²) in [5.74, 6) is -0.579. The van der Waals surface area contributed by atoms with E-state index in [1.165, 1.54) is 23.7 Å². The maximum Gasteiger partial charge on any atom is 0.431 e. The monoisotopic (exact) mass is 479 g/mol. The van der Waals surface area contributed by atoms with Crippen LogP contribution in [0.15, 0.2) is 34.9 Å². The first kappa shape index (κ1) is 24.6. The number of aliphatic hydroxyl groups is 2. The highest BCUT2D eigenvalue weighted by atomic mass is 32.2. The van der Waals surface area contributed by atoms with Gasteiger partial charge >= 0.3 is 12.1 Å². The van der Waals surface area contributed by atoms with E-state index in [0.717, 1.165) is 23.9 Å². The number of halogens is 3. The second-order valence-electron chi connectivity index (χ2n) is 6.91.